The van der Waals surface area contributed by atoms with Crippen molar-refractivity contribution >= 4 is 11.7 Å². The number of ether oxygens (including phenoxy) is 1. The fraction of sp³-hybridized carbons (Fsp3) is 0.429. The number of nitrogens with zero attached hydrogens (tertiary/aromatic N) is 6. The van der Waals surface area contributed by atoms with Gasteiger partial charge in [0, 0.05) is 30.4 Å². The Morgan fingerprint density at radius 3 is 2.96 bits per heavy atom. The SMILES string of the molecule is Cc1c(NC(=O)c2cn[nH]c2-n2cnnn2)n[nH]c1C1CCOCC1. The van der Waals surface area contributed by atoms with Gasteiger partial charge in [-0.25, -0.2) is 0 Å². The van der Waals surface area contributed by atoms with Crippen molar-refractivity contribution in [3.8, 4) is 5.82 Å². The highest BCUT2D eigenvalue weighted by molar-refractivity contribution is 6.06. The molecule has 11 nitrogen and oxygen atoms in total. The minimum absolute atomic E-state index is 0.322. The van der Waals surface area contributed by atoms with E-state index in [2.05, 4.69) is 41.2 Å². The maximum absolute atomic E-state index is 12.6. The molecule has 3 aromatic heterocycles. The van der Waals surface area contributed by atoms with Gasteiger partial charge in [-0.05, 0) is 30.2 Å². The number of anilines is 1. The van der Waals surface area contributed by atoms with Crippen LogP contribution in [0.4, 0.5) is 5.82 Å². The van der Waals surface area contributed by atoms with Crippen molar-refractivity contribution in [3.63, 3.8) is 0 Å². The average molecular weight is 343 g/mol. The Labute approximate surface area is 142 Å². The molecular weight excluding hydrogens is 326 g/mol. The normalized spacial score (nSPS) is 15.4. The van der Waals surface area contributed by atoms with Crippen LogP contribution in [-0.2, 0) is 4.74 Å². The summed E-state index contributed by atoms with van der Waals surface area (Å²) in [6, 6.07) is 0. The molecule has 130 valence electrons. The maximum atomic E-state index is 12.6. The second kappa shape index (κ2) is 6.43. The first kappa shape index (κ1) is 15.4. The van der Waals surface area contributed by atoms with E-state index in [1.165, 1.54) is 17.2 Å². The molecule has 0 radical (unpaired) electrons. The van der Waals surface area contributed by atoms with Gasteiger partial charge < -0.3 is 10.1 Å². The van der Waals surface area contributed by atoms with Crippen molar-refractivity contribution in [2.75, 3.05) is 18.5 Å². The molecule has 0 unspecified atom stereocenters. The number of aromatic amines is 2. The quantitative estimate of drug-likeness (QED) is 0.629. The Kier molecular flexibility index (Phi) is 3.98. The zero-order valence-electron chi connectivity index (χ0n) is 13.6. The van der Waals surface area contributed by atoms with Gasteiger partial charge in [-0.15, -0.1) is 5.10 Å². The lowest BCUT2D eigenvalue weighted by molar-refractivity contribution is 0.0844. The molecule has 1 aliphatic rings. The van der Waals surface area contributed by atoms with Gasteiger partial charge in [0.1, 0.15) is 11.9 Å². The highest BCUT2D eigenvalue weighted by Crippen LogP contribution is 2.30. The van der Waals surface area contributed by atoms with Gasteiger partial charge in [-0.1, -0.05) is 0 Å². The molecule has 4 heterocycles. The highest BCUT2D eigenvalue weighted by Gasteiger charge is 2.23. The Hall–Kier alpha value is -3.08. The number of hydrogen-bond donors (Lipinski definition) is 3. The van der Waals surface area contributed by atoms with Crippen LogP contribution < -0.4 is 5.32 Å². The van der Waals surface area contributed by atoms with Crippen LogP contribution in [0.25, 0.3) is 5.82 Å². The summed E-state index contributed by atoms with van der Waals surface area (Å²) >= 11 is 0. The topological polar surface area (TPSA) is 139 Å². The van der Waals surface area contributed by atoms with Gasteiger partial charge in [-0.3, -0.25) is 15.0 Å². The number of rotatable bonds is 4. The summed E-state index contributed by atoms with van der Waals surface area (Å²) in [5.41, 5.74) is 2.31. The number of amides is 1. The third kappa shape index (κ3) is 2.89. The standard InChI is InChI=1S/C14H17N9O2/c1-8-11(9-2-4-25-5-3-9)18-19-12(8)17-14(24)10-6-15-20-13(10)23-7-16-21-22-23/h6-7,9H,2-5H2,1H3,(H,15,20)(H2,17,18,19,24). The molecule has 4 rings (SSSR count). The number of nitrogens with one attached hydrogen (secondary N) is 3. The van der Waals surface area contributed by atoms with Gasteiger partial charge in [0.05, 0.1) is 6.20 Å². The molecule has 0 saturated carbocycles. The van der Waals surface area contributed by atoms with E-state index in [4.69, 9.17) is 4.74 Å². The summed E-state index contributed by atoms with van der Waals surface area (Å²) in [7, 11) is 0. The molecule has 0 aromatic carbocycles. The first-order valence-corrected chi connectivity index (χ1v) is 7.94. The summed E-state index contributed by atoms with van der Waals surface area (Å²) in [5, 5.41) is 27.6. The van der Waals surface area contributed by atoms with E-state index in [1.54, 1.807) is 0 Å². The van der Waals surface area contributed by atoms with Crippen LogP contribution in [0, 0.1) is 6.92 Å². The van der Waals surface area contributed by atoms with Crippen molar-refractivity contribution in [3.05, 3.63) is 29.3 Å². The lowest BCUT2D eigenvalue weighted by atomic mass is 9.94. The molecule has 0 spiro atoms. The Bertz CT molecular complexity index is 861. The van der Waals surface area contributed by atoms with Gasteiger partial charge in [0.2, 0.25) is 0 Å². The van der Waals surface area contributed by atoms with Gasteiger partial charge in [0.25, 0.3) is 5.91 Å². The second-order valence-corrected chi connectivity index (χ2v) is 5.84. The predicted molar refractivity (Wildman–Crippen MR) is 85.4 cm³/mol. The van der Waals surface area contributed by atoms with E-state index in [-0.39, 0.29) is 5.91 Å². The number of hydrogen-bond acceptors (Lipinski definition) is 7. The van der Waals surface area contributed by atoms with Crippen LogP contribution in [0.1, 0.15) is 40.4 Å². The van der Waals surface area contributed by atoms with E-state index in [0.717, 1.165) is 37.3 Å². The third-order valence-electron chi connectivity index (χ3n) is 4.35. The van der Waals surface area contributed by atoms with Crippen LogP contribution in [0.5, 0.6) is 0 Å². The molecule has 1 fully saturated rings. The molecule has 1 amide bonds. The molecule has 25 heavy (non-hydrogen) atoms. The summed E-state index contributed by atoms with van der Waals surface area (Å²) in [6.45, 7) is 3.44. The first-order chi connectivity index (χ1) is 12.2. The fourth-order valence-electron chi connectivity index (χ4n) is 2.98. The van der Waals surface area contributed by atoms with Crippen molar-refractivity contribution in [2.24, 2.45) is 0 Å². The zero-order valence-corrected chi connectivity index (χ0v) is 13.6. The molecule has 0 aliphatic carbocycles. The monoisotopic (exact) mass is 343 g/mol. The summed E-state index contributed by atoms with van der Waals surface area (Å²) in [6.07, 6.45) is 4.70. The molecule has 11 heteroatoms. The molecule has 3 aromatic rings. The molecule has 1 aliphatic heterocycles. The van der Waals surface area contributed by atoms with Gasteiger partial charge in [0.15, 0.2) is 11.6 Å². The van der Waals surface area contributed by atoms with Crippen molar-refractivity contribution in [2.45, 2.75) is 25.7 Å². The van der Waals surface area contributed by atoms with Crippen LogP contribution in [0.2, 0.25) is 0 Å². The lowest BCUT2D eigenvalue weighted by Gasteiger charge is -2.21. The third-order valence-corrected chi connectivity index (χ3v) is 4.35. The lowest BCUT2D eigenvalue weighted by Crippen LogP contribution is -2.16. The molecule has 0 bridgehead atoms. The molecule has 3 N–H and O–H groups in total. The smallest absolute Gasteiger partial charge is 0.262 e. The second-order valence-electron chi connectivity index (χ2n) is 5.84. The zero-order chi connectivity index (χ0) is 17.2. The maximum Gasteiger partial charge on any atom is 0.262 e. The van der Waals surface area contributed by atoms with Crippen molar-refractivity contribution < 1.29 is 9.53 Å². The predicted octanol–water partition coefficient (Wildman–Crippen LogP) is 0.563. The molecule has 0 atom stereocenters. The number of carbonyl (C=O) groups is 1. The minimum atomic E-state index is -0.340. The largest absolute Gasteiger partial charge is 0.381 e. The van der Waals surface area contributed by atoms with Crippen LogP contribution in [0.15, 0.2) is 12.5 Å². The Morgan fingerprint density at radius 1 is 1.36 bits per heavy atom. The fourth-order valence-corrected chi connectivity index (χ4v) is 2.98. The number of H-pyrrole nitrogens is 2. The number of tetrazole rings is 1. The van der Waals surface area contributed by atoms with Crippen LogP contribution >= 0.6 is 0 Å². The van der Waals surface area contributed by atoms with Crippen LogP contribution in [0.3, 0.4) is 0 Å². The first-order valence-electron chi connectivity index (χ1n) is 7.94. The summed E-state index contributed by atoms with van der Waals surface area (Å²) < 4.78 is 6.74. The van der Waals surface area contributed by atoms with Crippen molar-refractivity contribution in [1.82, 2.24) is 40.6 Å². The van der Waals surface area contributed by atoms with E-state index < -0.39 is 0 Å². The highest BCUT2D eigenvalue weighted by atomic mass is 16.5. The van der Waals surface area contributed by atoms with Gasteiger partial charge in [-0.2, -0.15) is 14.9 Å². The minimum Gasteiger partial charge on any atom is -0.381 e. The Balaban J connectivity index is 1.54. The van der Waals surface area contributed by atoms with E-state index in [1.807, 2.05) is 6.92 Å². The van der Waals surface area contributed by atoms with Gasteiger partial charge >= 0.3 is 0 Å². The molecular formula is C14H17N9O2. The molecule has 1 saturated heterocycles. The van der Waals surface area contributed by atoms with Crippen molar-refractivity contribution in [1.29, 1.82) is 0 Å². The van der Waals surface area contributed by atoms with E-state index in [9.17, 15) is 4.79 Å². The number of aromatic nitrogens is 8. The number of carbonyl (C=O) groups excluding carboxylic acids is 1. The Morgan fingerprint density at radius 2 is 2.20 bits per heavy atom. The van der Waals surface area contributed by atoms with Crippen LogP contribution in [-0.4, -0.2) is 59.7 Å². The summed E-state index contributed by atoms with van der Waals surface area (Å²) in [5.74, 6) is 0.931. The average Bonchev–Trinajstić information content (AvgIpc) is 3.36. The summed E-state index contributed by atoms with van der Waals surface area (Å²) in [4.78, 5) is 12.6. The van der Waals surface area contributed by atoms with E-state index in [0.29, 0.717) is 23.1 Å². The van der Waals surface area contributed by atoms with E-state index >= 15 is 0 Å².